The van der Waals surface area contributed by atoms with Crippen LogP contribution < -0.4 is 11.1 Å². The molecule has 0 saturated carbocycles. The van der Waals surface area contributed by atoms with Crippen molar-refractivity contribution in [2.24, 2.45) is 0 Å². The largest absolute Gasteiger partial charge is 0.370 e. The van der Waals surface area contributed by atoms with Gasteiger partial charge in [0.15, 0.2) is 0 Å². The summed E-state index contributed by atoms with van der Waals surface area (Å²) in [5.74, 6) is 1.19. The van der Waals surface area contributed by atoms with Crippen LogP contribution in [-0.4, -0.2) is 40.5 Å². The summed E-state index contributed by atoms with van der Waals surface area (Å²) in [6.45, 7) is 7.67. The van der Waals surface area contributed by atoms with Crippen LogP contribution in [0.1, 0.15) is 38.2 Å². The average Bonchev–Trinajstić information content (AvgIpc) is 2.40. The lowest BCUT2D eigenvalue weighted by Crippen LogP contribution is -2.38. The maximum absolute atomic E-state index is 5.60. The Morgan fingerprint density at radius 3 is 3.11 bits per heavy atom. The number of hydrogen-bond donors (Lipinski definition) is 2. The van der Waals surface area contributed by atoms with Crippen LogP contribution in [0.25, 0.3) is 0 Å². The summed E-state index contributed by atoms with van der Waals surface area (Å²) in [5.41, 5.74) is 6.64. The quantitative estimate of drug-likeness (QED) is 0.796. The first-order valence-corrected chi connectivity index (χ1v) is 7.24. The SMILES string of the molecule is Cc1cnc(N)nc1NCCCN1CCCCC1C. The molecule has 0 aliphatic carbocycles. The molecule has 1 atom stereocenters. The van der Waals surface area contributed by atoms with E-state index in [4.69, 9.17) is 5.73 Å². The molecule has 1 aliphatic rings. The van der Waals surface area contributed by atoms with Gasteiger partial charge in [-0.2, -0.15) is 4.98 Å². The zero-order valence-corrected chi connectivity index (χ0v) is 12.0. The molecule has 1 fully saturated rings. The molecule has 5 heteroatoms. The van der Waals surface area contributed by atoms with E-state index in [-0.39, 0.29) is 0 Å². The minimum absolute atomic E-state index is 0.331. The van der Waals surface area contributed by atoms with Crippen molar-refractivity contribution in [3.05, 3.63) is 11.8 Å². The Bertz CT molecular complexity index is 407. The van der Waals surface area contributed by atoms with Gasteiger partial charge in [-0.15, -0.1) is 0 Å². The van der Waals surface area contributed by atoms with Gasteiger partial charge in [0, 0.05) is 30.9 Å². The average molecular weight is 263 g/mol. The lowest BCUT2D eigenvalue weighted by atomic mass is 10.0. The lowest BCUT2D eigenvalue weighted by molar-refractivity contribution is 0.160. The summed E-state index contributed by atoms with van der Waals surface area (Å²) in [6, 6.07) is 0.741. The Balaban J connectivity index is 1.73. The van der Waals surface area contributed by atoms with Gasteiger partial charge in [-0.25, -0.2) is 4.98 Å². The predicted molar refractivity (Wildman–Crippen MR) is 79.2 cm³/mol. The van der Waals surface area contributed by atoms with Gasteiger partial charge in [0.1, 0.15) is 5.82 Å². The molecule has 19 heavy (non-hydrogen) atoms. The van der Waals surface area contributed by atoms with Gasteiger partial charge in [-0.3, -0.25) is 0 Å². The van der Waals surface area contributed by atoms with Crippen molar-refractivity contribution in [3.8, 4) is 0 Å². The van der Waals surface area contributed by atoms with Crippen molar-refractivity contribution in [2.45, 2.75) is 45.6 Å². The smallest absolute Gasteiger partial charge is 0.221 e. The third kappa shape index (κ3) is 4.06. The van der Waals surface area contributed by atoms with Crippen molar-refractivity contribution in [1.82, 2.24) is 14.9 Å². The Hall–Kier alpha value is -1.36. The fourth-order valence-corrected chi connectivity index (χ4v) is 2.61. The van der Waals surface area contributed by atoms with E-state index in [0.717, 1.165) is 36.9 Å². The zero-order chi connectivity index (χ0) is 13.7. The van der Waals surface area contributed by atoms with Crippen molar-refractivity contribution in [3.63, 3.8) is 0 Å². The maximum Gasteiger partial charge on any atom is 0.221 e. The van der Waals surface area contributed by atoms with E-state index in [2.05, 4.69) is 27.1 Å². The number of aromatic nitrogens is 2. The van der Waals surface area contributed by atoms with Gasteiger partial charge in [0.2, 0.25) is 5.95 Å². The molecule has 2 rings (SSSR count). The number of rotatable bonds is 5. The topological polar surface area (TPSA) is 67.1 Å². The Labute approximate surface area is 115 Å². The van der Waals surface area contributed by atoms with Crippen LogP contribution >= 0.6 is 0 Å². The van der Waals surface area contributed by atoms with E-state index in [0.29, 0.717) is 5.95 Å². The molecule has 2 heterocycles. The van der Waals surface area contributed by atoms with Gasteiger partial charge in [0.25, 0.3) is 0 Å². The molecule has 106 valence electrons. The summed E-state index contributed by atoms with van der Waals surface area (Å²) in [7, 11) is 0. The number of likely N-dealkylation sites (tertiary alicyclic amines) is 1. The van der Waals surface area contributed by atoms with Gasteiger partial charge in [-0.05, 0) is 39.7 Å². The maximum atomic E-state index is 5.60. The first kappa shape index (κ1) is 14.1. The van der Waals surface area contributed by atoms with Crippen LogP contribution in [0.5, 0.6) is 0 Å². The van der Waals surface area contributed by atoms with E-state index in [1.165, 1.54) is 25.8 Å². The molecule has 5 nitrogen and oxygen atoms in total. The number of nitrogens with zero attached hydrogens (tertiary/aromatic N) is 3. The van der Waals surface area contributed by atoms with Crippen LogP contribution in [0.4, 0.5) is 11.8 Å². The minimum atomic E-state index is 0.331. The first-order chi connectivity index (χ1) is 9.16. The number of anilines is 2. The first-order valence-electron chi connectivity index (χ1n) is 7.24. The van der Waals surface area contributed by atoms with Crippen molar-refractivity contribution >= 4 is 11.8 Å². The molecule has 1 aromatic heterocycles. The number of aryl methyl sites for hydroxylation is 1. The highest BCUT2D eigenvalue weighted by Crippen LogP contribution is 2.16. The summed E-state index contributed by atoms with van der Waals surface area (Å²) in [6.07, 6.45) is 6.97. The highest BCUT2D eigenvalue weighted by Gasteiger charge is 2.17. The van der Waals surface area contributed by atoms with E-state index in [9.17, 15) is 0 Å². The Kier molecular flexibility index (Phi) is 4.96. The second-order valence-corrected chi connectivity index (χ2v) is 5.42. The fourth-order valence-electron chi connectivity index (χ4n) is 2.61. The molecule has 0 bridgehead atoms. The van der Waals surface area contributed by atoms with Crippen LogP contribution in [0.15, 0.2) is 6.20 Å². The van der Waals surface area contributed by atoms with Crippen LogP contribution in [0.2, 0.25) is 0 Å². The van der Waals surface area contributed by atoms with Crippen LogP contribution in [0, 0.1) is 6.92 Å². The lowest BCUT2D eigenvalue weighted by Gasteiger charge is -2.33. The number of piperidine rings is 1. The zero-order valence-electron chi connectivity index (χ0n) is 12.0. The summed E-state index contributed by atoms with van der Waals surface area (Å²) >= 11 is 0. The monoisotopic (exact) mass is 263 g/mol. The molecular weight excluding hydrogens is 238 g/mol. The number of hydrogen-bond acceptors (Lipinski definition) is 5. The van der Waals surface area contributed by atoms with Crippen LogP contribution in [-0.2, 0) is 0 Å². The number of nitrogen functional groups attached to an aromatic ring is 1. The highest BCUT2D eigenvalue weighted by atomic mass is 15.2. The molecular formula is C14H25N5. The molecule has 1 aromatic rings. The van der Waals surface area contributed by atoms with E-state index in [1.54, 1.807) is 6.20 Å². The number of nitrogens with two attached hydrogens (primary N) is 1. The third-order valence-corrected chi connectivity index (χ3v) is 3.85. The van der Waals surface area contributed by atoms with Crippen molar-refractivity contribution < 1.29 is 0 Å². The second-order valence-electron chi connectivity index (χ2n) is 5.42. The molecule has 1 saturated heterocycles. The summed E-state index contributed by atoms with van der Waals surface area (Å²) in [4.78, 5) is 10.8. The predicted octanol–water partition coefficient (Wildman–Crippen LogP) is 2.04. The van der Waals surface area contributed by atoms with Crippen molar-refractivity contribution in [2.75, 3.05) is 30.7 Å². The van der Waals surface area contributed by atoms with Crippen molar-refractivity contribution in [1.29, 1.82) is 0 Å². The fraction of sp³-hybridized carbons (Fsp3) is 0.714. The van der Waals surface area contributed by atoms with Gasteiger partial charge >= 0.3 is 0 Å². The summed E-state index contributed by atoms with van der Waals surface area (Å²) < 4.78 is 0. The molecule has 0 spiro atoms. The molecule has 0 amide bonds. The Morgan fingerprint density at radius 1 is 1.47 bits per heavy atom. The third-order valence-electron chi connectivity index (χ3n) is 3.85. The normalized spacial score (nSPS) is 20.4. The highest BCUT2D eigenvalue weighted by molar-refractivity contribution is 5.44. The number of nitrogens with one attached hydrogen (secondary N) is 1. The molecule has 0 aromatic carbocycles. The van der Waals surface area contributed by atoms with Crippen LogP contribution in [0.3, 0.4) is 0 Å². The molecule has 0 radical (unpaired) electrons. The molecule has 3 N–H and O–H groups in total. The van der Waals surface area contributed by atoms with Gasteiger partial charge in [-0.1, -0.05) is 6.42 Å². The van der Waals surface area contributed by atoms with Gasteiger partial charge < -0.3 is 16.0 Å². The molecule has 1 unspecified atom stereocenters. The Morgan fingerprint density at radius 2 is 2.32 bits per heavy atom. The standard InChI is InChI=1S/C14H25N5/c1-11-10-17-14(15)18-13(11)16-7-5-9-19-8-4-3-6-12(19)2/h10,12H,3-9H2,1-2H3,(H3,15,16,17,18). The second kappa shape index (κ2) is 6.70. The summed E-state index contributed by atoms with van der Waals surface area (Å²) in [5, 5.41) is 3.35. The van der Waals surface area contributed by atoms with Gasteiger partial charge in [0.05, 0.1) is 0 Å². The van der Waals surface area contributed by atoms with E-state index in [1.807, 2.05) is 6.92 Å². The minimum Gasteiger partial charge on any atom is -0.370 e. The van der Waals surface area contributed by atoms with E-state index >= 15 is 0 Å². The molecule has 1 aliphatic heterocycles. The van der Waals surface area contributed by atoms with E-state index < -0.39 is 0 Å².